The molecule has 2 aromatic rings. The van der Waals surface area contributed by atoms with Crippen LogP contribution in [0.4, 0.5) is 5.69 Å². The normalized spacial score (nSPS) is 10.9. The zero-order chi connectivity index (χ0) is 9.80. The minimum Gasteiger partial charge on any atom is -0.463 e. The van der Waals surface area contributed by atoms with E-state index < -0.39 is 0 Å². The van der Waals surface area contributed by atoms with E-state index in [1.165, 1.54) is 3.57 Å². The molecule has 0 fully saturated rings. The lowest BCUT2D eigenvalue weighted by molar-refractivity contribution is 0.560. The van der Waals surface area contributed by atoms with Gasteiger partial charge < -0.3 is 4.42 Å². The van der Waals surface area contributed by atoms with Gasteiger partial charge in [0, 0.05) is 3.57 Å². The number of furan rings is 1. The van der Waals surface area contributed by atoms with E-state index in [2.05, 4.69) is 27.6 Å². The van der Waals surface area contributed by atoms with Crippen molar-refractivity contribution in [3.8, 4) is 0 Å². The fourth-order valence-corrected chi connectivity index (χ4v) is 1.39. The van der Waals surface area contributed by atoms with Crippen LogP contribution in [0.2, 0.25) is 0 Å². The average Bonchev–Trinajstić information content (AvgIpc) is 2.70. The lowest BCUT2D eigenvalue weighted by Gasteiger charge is -1.92. The van der Waals surface area contributed by atoms with Crippen molar-refractivity contribution >= 4 is 34.5 Å². The molecule has 0 amide bonds. The lowest BCUT2D eigenvalue weighted by atomic mass is 10.3. The highest BCUT2D eigenvalue weighted by molar-refractivity contribution is 14.1. The van der Waals surface area contributed by atoms with Crippen LogP contribution in [-0.2, 0) is 0 Å². The first-order chi connectivity index (χ1) is 6.84. The first-order valence-corrected chi connectivity index (χ1v) is 5.25. The third-order valence-corrected chi connectivity index (χ3v) is 2.43. The summed E-state index contributed by atoms with van der Waals surface area (Å²) in [5, 5.41) is 0. The minimum absolute atomic E-state index is 0.767. The summed E-state index contributed by atoms with van der Waals surface area (Å²) in [6.45, 7) is 0. The Balaban J connectivity index is 2.15. The Labute approximate surface area is 95.8 Å². The third-order valence-electron chi connectivity index (χ3n) is 1.71. The standard InChI is InChI=1S/C11H8INO/c12-9-3-5-10(6-4-9)13-8-11-2-1-7-14-11/h1-8H. The Hall–Kier alpha value is -1.10. The molecule has 1 aromatic heterocycles. The Morgan fingerprint density at radius 3 is 2.57 bits per heavy atom. The van der Waals surface area contributed by atoms with Crippen molar-refractivity contribution in [3.63, 3.8) is 0 Å². The Bertz CT molecular complexity index is 417. The minimum atomic E-state index is 0.767. The molecule has 0 aliphatic rings. The monoisotopic (exact) mass is 297 g/mol. The summed E-state index contributed by atoms with van der Waals surface area (Å²) in [5.74, 6) is 0.767. The van der Waals surface area contributed by atoms with Gasteiger partial charge in [-0.3, -0.25) is 4.99 Å². The van der Waals surface area contributed by atoms with Crippen molar-refractivity contribution in [1.29, 1.82) is 0 Å². The van der Waals surface area contributed by atoms with Gasteiger partial charge in [0.15, 0.2) is 0 Å². The van der Waals surface area contributed by atoms with Gasteiger partial charge in [-0.2, -0.15) is 0 Å². The lowest BCUT2D eigenvalue weighted by Crippen LogP contribution is -1.74. The molecule has 3 heteroatoms. The van der Waals surface area contributed by atoms with Crippen LogP contribution >= 0.6 is 22.6 Å². The van der Waals surface area contributed by atoms with Crippen LogP contribution in [0.25, 0.3) is 0 Å². The Morgan fingerprint density at radius 2 is 1.93 bits per heavy atom. The second-order valence-electron chi connectivity index (χ2n) is 2.75. The van der Waals surface area contributed by atoms with Crippen LogP contribution in [0.3, 0.4) is 0 Å². The van der Waals surface area contributed by atoms with Crippen molar-refractivity contribution in [1.82, 2.24) is 0 Å². The van der Waals surface area contributed by atoms with Crippen LogP contribution in [0.1, 0.15) is 5.76 Å². The molecule has 70 valence electrons. The molecule has 14 heavy (non-hydrogen) atoms. The van der Waals surface area contributed by atoms with Gasteiger partial charge in [-0.15, -0.1) is 0 Å². The molecule has 1 aromatic carbocycles. The molecule has 1 heterocycles. The van der Waals surface area contributed by atoms with Crippen molar-refractivity contribution in [2.75, 3.05) is 0 Å². The molecular weight excluding hydrogens is 289 g/mol. The predicted octanol–water partition coefficient (Wildman–Crippen LogP) is 3.63. The summed E-state index contributed by atoms with van der Waals surface area (Å²) in [5.41, 5.74) is 0.932. The largest absolute Gasteiger partial charge is 0.463 e. The van der Waals surface area contributed by atoms with E-state index >= 15 is 0 Å². The first-order valence-electron chi connectivity index (χ1n) is 4.18. The molecule has 2 nitrogen and oxygen atoms in total. The summed E-state index contributed by atoms with van der Waals surface area (Å²) in [6.07, 6.45) is 3.34. The van der Waals surface area contributed by atoms with E-state index in [-0.39, 0.29) is 0 Å². The number of aliphatic imine (C=N–C) groups is 1. The van der Waals surface area contributed by atoms with Gasteiger partial charge >= 0.3 is 0 Å². The van der Waals surface area contributed by atoms with Gasteiger partial charge in [0.2, 0.25) is 0 Å². The summed E-state index contributed by atoms with van der Waals surface area (Å²) in [7, 11) is 0. The Kier molecular flexibility index (Phi) is 2.98. The molecule has 0 spiro atoms. The topological polar surface area (TPSA) is 25.5 Å². The Morgan fingerprint density at radius 1 is 1.14 bits per heavy atom. The maximum Gasteiger partial charge on any atom is 0.144 e. The molecule has 0 saturated heterocycles. The third kappa shape index (κ3) is 2.45. The van der Waals surface area contributed by atoms with Crippen molar-refractivity contribution in [2.24, 2.45) is 4.99 Å². The maximum atomic E-state index is 5.13. The highest BCUT2D eigenvalue weighted by atomic mass is 127. The van der Waals surface area contributed by atoms with Gasteiger partial charge in [-0.1, -0.05) is 0 Å². The zero-order valence-corrected chi connectivity index (χ0v) is 9.51. The molecule has 2 rings (SSSR count). The SMILES string of the molecule is Ic1ccc(N=Cc2ccco2)cc1. The van der Waals surface area contributed by atoms with Crippen molar-refractivity contribution < 1.29 is 4.42 Å². The number of hydrogen-bond donors (Lipinski definition) is 0. The molecule has 0 radical (unpaired) electrons. The quantitative estimate of drug-likeness (QED) is 0.614. The second kappa shape index (κ2) is 4.41. The molecule has 0 aliphatic carbocycles. The van der Waals surface area contributed by atoms with E-state index in [1.54, 1.807) is 12.5 Å². The number of nitrogens with zero attached hydrogens (tertiary/aromatic N) is 1. The maximum absolute atomic E-state index is 5.13. The smallest absolute Gasteiger partial charge is 0.144 e. The molecule has 0 atom stereocenters. The van der Waals surface area contributed by atoms with E-state index in [9.17, 15) is 0 Å². The van der Waals surface area contributed by atoms with Gasteiger partial charge in [-0.25, -0.2) is 0 Å². The fourth-order valence-electron chi connectivity index (χ4n) is 1.03. The van der Waals surface area contributed by atoms with Crippen molar-refractivity contribution in [2.45, 2.75) is 0 Å². The first kappa shape index (κ1) is 9.45. The summed E-state index contributed by atoms with van der Waals surface area (Å²) < 4.78 is 6.34. The number of halogens is 1. The van der Waals surface area contributed by atoms with Crippen LogP contribution in [0.5, 0.6) is 0 Å². The van der Waals surface area contributed by atoms with Crippen molar-refractivity contribution in [3.05, 3.63) is 52.0 Å². The number of benzene rings is 1. The van der Waals surface area contributed by atoms with E-state index in [1.807, 2.05) is 36.4 Å². The average molecular weight is 297 g/mol. The summed E-state index contributed by atoms with van der Waals surface area (Å²) in [6, 6.07) is 11.7. The number of hydrogen-bond acceptors (Lipinski definition) is 2. The molecule has 0 unspecified atom stereocenters. The van der Waals surface area contributed by atoms with Crippen LogP contribution in [0, 0.1) is 3.57 Å². The van der Waals surface area contributed by atoms with E-state index in [0.717, 1.165) is 11.4 Å². The number of rotatable bonds is 2. The van der Waals surface area contributed by atoms with Crippen LogP contribution in [-0.4, -0.2) is 6.21 Å². The molecule has 0 bridgehead atoms. The predicted molar refractivity (Wildman–Crippen MR) is 65.1 cm³/mol. The molecule has 0 N–H and O–H groups in total. The summed E-state index contributed by atoms with van der Waals surface area (Å²) >= 11 is 2.27. The van der Waals surface area contributed by atoms with Gasteiger partial charge in [0.05, 0.1) is 18.2 Å². The zero-order valence-electron chi connectivity index (χ0n) is 7.35. The van der Waals surface area contributed by atoms with Gasteiger partial charge in [0.25, 0.3) is 0 Å². The van der Waals surface area contributed by atoms with Gasteiger partial charge in [-0.05, 0) is 59.0 Å². The highest BCUT2D eigenvalue weighted by Gasteiger charge is 1.90. The van der Waals surface area contributed by atoms with Gasteiger partial charge in [0.1, 0.15) is 5.76 Å². The fraction of sp³-hybridized carbons (Fsp3) is 0. The molecule has 0 saturated carbocycles. The molecule has 0 aliphatic heterocycles. The second-order valence-corrected chi connectivity index (χ2v) is 4.00. The van der Waals surface area contributed by atoms with Crippen LogP contribution < -0.4 is 0 Å². The summed E-state index contributed by atoms with van der Waals surface area (Å²) in [4.78, 5) is 4.27. The van der Waals surface area contributed by atoms with E-state index in [4.69, 9.17) is 4.42 Å². The highest BCUT2D eigenvalue weighted by Crippen LogP contribution is 2.14. The van der Waals surface area contributed by atoms with E-state index in [0.29, 0.717) is 0 Å². The molecular formula is C11H8INO. The van der Waals surface area contributed by atoms with Crippen LogP contribution in [0.15, 0.2) is 52.1 Å².